The van der Waals surface area contributed by atoms with Gasteiger partial charge in [0.15, 0.2) is 0 Å². The molecule has 0 bridgehead atoms. The fourth-order valence-electron chi connectivity index (χ4n) is 3.13. The lowest BCUT2D eigenvalue weighted by Crippen LogP contribution is -2.48. The number of carbonyl (C=O) groups is 2. The summed E-state index contributed by atoms with van der Waals surface area (Å²) < 4.78 is 63.5. The van der Waals surface area contributed by atoms with Gasteiger partial charge in [-0.25, -0.2) is 25.9 Å². The number of rotatable bonds is 10. The molecular formula is C23H27FN2O6S2. The van der Waals surface area contributed by atoms with Crippen LogP contribution in [0.3, 0.4) is 0 Å². The van der Waals surface area contributed by atoms with E-state index in [1.165, 1.54) is 23.1 Å². The predicted molar refractivity (Wildman–Crippen MR) is 129 cm³/mol. The summed E-state index contributed by atoms with van der Waals surface area (Å²) in [7, 11) is -7.83. The van der Waals surface area contributed by atoms with E-state index in [9.17, 15) is 30.8 Å². The summed E-state index contributed by atoms with van der Waals surface area (Å²) in [6, 6.07) is 13.0. The SMILES string of the molecule is CC(C)N(C(=O)C(CCS(C)(=O)=O)C(=O)NS(=O)(=O)C=Cc1ccccc1)c1ccc(F)cc1. The molecule has 8 nitrogen and oxygen atoms in total. The number of nitrogens with zero attached hydrogens (tertiary/aromatic N) is 1. The highest BCUT2D eigenvalue weighted by molar-refractivity contribution is 7.93. The zero-order valence-corrected chi connectivity index (χ0v) is 20.6. The maximum atomic E-state index is 13.4. The monoisotopic (exact) mass is 510 g/mol. The van der Waals surface area contributed by atoms with Crippen molar-refractivity contribution in [2.75, 3.05) is 16.9 Å². The van der Waals surface area contributed by atoms with E-state index in [1.54, 1.807) is 44.2 Å². The maximum absolute atomic E-state index is 13.4. The molecule has 0 aromatic heterocycles. The molecule has 11 heteroatoms. The van der Waals surface area contributed by atoms with Crippen LogP contribution in [0.25, 0.3) is 6.08 Å². The summed E-state index contributed by atoms with van der Waals surface area (Å²) in [6.45, 7) is 3.32. The molecule has 0 saturated heterocycles. The summed E-state index contributed by atoms with van der Waals surface area (Å²) in [5, 5.41) is 0.790. The first-order valence-electron chi connectivity index (χ1n) is 10.4. The summed E-state index contributed by atoms with van der Waals surface area (Å²) in [6.07, 6.45) is 1.81. The normalized spacial score (nSPS) is 13.1. The second-order valence-corrected chi connectivity index (χ2v) is 11.8. The van der Waals surface area contributed by atoms with Crippen molar-refractivity contribution in [2.45, 2.75) is 26.3 Å². The molecule has 0 aliphatic carbocycles. The van der Waals surface area contributed by atoms with Crippen molar-refractivity contribution in [1.29, 1.82) is 0 Å². The quantitative estimate of drug-likeness (QED) is 0.491. The number of halogens is 1. The minimum absolute atomic E-state index is 0.283. The smallest absolute Gasteiger partial charge is 0.257 e. The van der Waals surface area contributed by atoms with Gasteiger partial charge in [-0.05, 0) is 56.2 Å². The Morgan fingerprint density at radius 2 is 1.59 bits per heavy atom. The molecule has 0 spiro atoms. The van der Waals surface area contributed by atoms with E-state index in [2.05, 4.69) is 0 Å². The number of anilines is 1. The van der Waals surface area contributed by atoms with Crippen LogP contribution in [0, 0.1) is 11.7 Å². The highest BCUT2D eigenvalue weighted by Gasteiger charge is 2.35. The minimum Gasteiger partial charge on any atom is -0.309 e. The lowest BCUT2D eigenvalue weighted by molar-refractivity contribution is -0.132. The van der Waals surface area contributed by atoms with E-state index in [-0.39, 0.29) is 5.69 Å². The molecule has 0 radical (unpaired) electrons. The number of sulfone groups is 1. The molecular weight excluding hydrogens is 483 g/mol. The van der Waals surface area contributed by atoms with Crippen LogP contribution in [-0.4, -0.2) is 46.7 Å². The van der Waals surface area contributed by atoms with Gasteiger partial charge in [-0.15, -0.1) is 0 Å². The van der Waals surface area contributed by atoms with E-state index < -0.39 is 61.6 Å². The summed E-state index contributed by atoms with van der Waals surface area (Å²) >= 11 is 0. The average Bonchev–Trinajstić information content (AvgIpc) is 2.73. The third-order valence-electron chi connectivity index (χ3n) is 4.73. The van der Waals surface area contributed by atoms with Crippen molar-refractivity contribution in [2.24, 2.45) is 5.92 Å². The molecule has 0 fully saturated rings. The molecule has 2 aromatic rings. The van der Waals surface area contributed by atoms with Crippen LogP contribution >= 0.6 is 0 Å². The van der Waals surface area contributed by atoms with E-state index in [0.717, 1.165) is 23.8 Å². The lowest BCUT2D eigenvalue weighted by Gasteiger charge is -2.30. The van der Waals surface area contributed by atoms with Gasteiger partial charge in [-0.1, -0.05) is 30.3 Å². The third kappa shape index (κ3) is 8.38. The van der Waals surface area contributed by atoms with Crippen LogP contribution in [0.1, 0.15) is 25.8 Å². The van der Waals surface area contributed by atoms with E-state index >= 15 is 0 Å². The van der Waals surface area contributed by atoms with Crippen molar-refractivity contribution in [1.82, 2.24) is 4.72 Å². The van der Waals surface area contributed by atoms with Gasteiger partial charge in [0.05, 0.1) is 11.2 Å². The van der Waals surface area contributed by atoms with Gasteiger partial charge in [0, 0.05) is 18.0 Å². The van der Waals surface area contributed by atoms with Gasteiger partial charge in [0.1, 0.15) is 21.6 Å². The Morgan fingerprint density at radius 1 is 1.00 bits per heavy atom. The van der Waals surface area contributed by atoms with Crippen LogP contribution in [0.15, 0.2) is 60.0 Å². The van der Waals surface area contributed by atoms with Gasteiger partial charge < -0.3 is 4.90 Å². The molecule has 184 valence electrons. The van der Waals surface area contributed by atoms with Crippen LogP contribution in [-0.2, 0) is 29.4 Å². The van der Waals surface area contributed by atoms with Crippen LogP contribution in [0.2, 0.25) is 0 Å². The zero-order valence-electron chi connectivity index (χ0n) is 19.0. The number of nitrogens with one attached hydrogen (secondary N) is 1. The number of amides is 2. The molecule has 2 aromatic carbocycles. The zero-order chi connectivity index (χ0) is 25.5. The second-order valence-electron chi connectivity index (χ2n) is 7.97. The van der Waals surface area contributed by atoms with Crippen molar-refractivity contribution >= 4 is 43.4 Å². The first-order valence-corrected chi connectivity index (χ1v) is 14.0. The Kier molecular flexibility index (Phi) is 9.11. The molecule has 1 unspecified atom stereocenters. The summed E-state index contributed by atoms with van der Waals surface area (Å²) in [5.74, 6) is -4.60. The summed E-state index contributed by atoms with van der Waals surface area (Å²) in [4.78, 5) is 27.5. The van der Waals surface area contributed by atoms with E-state index in [4.69, 9.17) is 0 Å². The fourth-order valence-corrected chi connectivity index (χ4v) is 4.62. The number of sulfonamides is 1. The molecule has 0 saturated carbocycles. The number of hydrogen-bond acceptors (Lipinski definition) is 6. The van der Waals surface area contributed by atoms with Gasteiger partial charge in [-0.2, -0.15) is 0 Å². The van der Waals surface area contributed by atoms with E-state index in [1.807, 2.05) is 4.72 Å². The number of hydrogen-bond donors (Lipinski definition) is 1. The molecule has 1 atom stereocenters. The highest BCUT2D eigenvalue weighted by atomic mass is 32.2. The lowest BCUT2D eigenvalue weighted by atomic mass is 10.0. The van der Waals surface area contributed by atoms with Crippen molar-refractivity contribution in [3.05, 3.63) is 71.4 Å². The Balaban J connectivity index is 2.34. The number of carbonyl (C=O) groups excluding carboxylic acids is 2. The van der Waals surface area contributed by atoms with Crippen molar-refractivity contribution in [3.63, 3.8) is 0 Å². The molecule has 2 rings (SSSR count). The fraction of sp³-hybridized carbons (Fsp3) is 0.304. The van der Waals surface area contributed by atoms with E-state index in [0.29, 0.717) is 5.56 Å². The minimum atomic E-state index is -4.28. The Morgan fingerprint density at radius 3 is 2.12 bits per heavy atom. The first kappa shape index (κ1) is 27.2. The van der Waals surface area contributed by atoms with Crippen LogP contribution in [0.5, 0.6) is 0 Å². The largest absolute Gasteiger partial charge is 0.309 e. The maximum Gasteiger partial charge on any atom is 0.257 e. The third-order valence-corrected chi connectivity index (χ3v) is 6.69. The topological polar surface area (TPSA) is 118 Å². The van der Waals surface area contributed by atoms with Crippen LogP contribution < -0.4 is 9.62 Å². The van der Waals surface area contributed by atoms with Gasteiger partial charge >= 0.3 is 0 Å². The Bertz CT molecular complexity index is 1240. The molecule has 0 aliphatic heterocycles. The van der Waals surface area contributed by atoms with Crippen molar-refractivity contribution < 1.29 is 30.8 Å². The van der Waals surface area contributed by atoms with Gasteiger partial charge in [0.2, 0.25) is 11.8 Å². The average molecular weight is 511 g/mol. The first-order chi connectivity index (χ1) is 15.8. The Labute approximate surface area is 199 Å². The number of benzene rings is 2. The second kappa shape index (κ2) is 11.4. The molecule has 34 heavy (non-hydrogen) atoms. The van der Waals surface area contributed by atoms with Crippen LogP contribution in [0.4, 0.5) is 10.1 Å². The summed E-state index contributed by atoms with van der Waals surface area (Å²) in [5.41, 5.74) is 0.859. The Hall–Kier alpha value is -3.05. The highest BCUT2D eigenvalue weighted by Crippen LogP contribution is 2.22. The molecule has 0 aliphatic rings. The van der Waals surface area contributed by atoms with Crippen molar-refractivity contribution in [3.8, 4) is 0 Å². The predicted octanol–water partition coefficient (Wildman–Crippen LogP) is 2.73. The van der Waals surface area contributed by atoms with Gasteiger partial charge in [-0.3, -0.25) is 9.59 Å². The molecule has 2 amide bonds. The molecule has 0 heterocycles. The van der Waals surface area contributed by atoms with Gasteiger partial charge in [0.25, 0.3) is 10.0 Å². The molecule has 1 N–H and O–H groups in total. The standard InChI is InChI=1S/C23H27FN2O6S2/c1-17(2)26(20-11-9-19(24)10-12-20)23(28)21(14-15-33(3,29)30)22(27)25-34(31,32)16-13-18-7-5-4-6-8-18/h4-13,16-17,21H,14-15H2,1-3H3,(H,25,27).